The van der Waals surface area contributed by atoms with Crippen LogP contribution >= 0.6 is 11.8 Å². The highest BCUT2D eigenvalue weighted by molar-refractivity contribution is 8.00. The molecule has 0 saturated heterocycles. The number of nitrogens with zero attached hydrogens (tertiary/aromatic N) is 3. The molecule has 0 aliphatic heterocycles. The maximum absolute atomic E-state index is 12.1. The number of nitrogens with two attached hydrogens (primary N) is 1. The zero-order valence-corrected chi connectivity index (χ0v) is 12.4. The topological polar surface area (TPSA) is 103 Å². The van der Waals surface area contributed by atoms with E-state index in [9.17, 15) is 9.59 Å². The maximum Gasteiger partial charge on any atom is 0.248 e. The van der Waals surface area contributed by atoms with E-state index in [1.807, 2.05) is 7.05 Å². The van der Waals surface area contributed by atoms with E-state index < -0.39 is 5.91 Å². The summed E-state index contributed by atoms with van der Waals surface area (Å²) in [7, 11) is 1.81. The molecule has 3 N–H and O–H groups in total. The van der Waals surface area contributed by atoms with E-state index in [-0.39, 0.29) is 11.2 Å². The van der Waals surface area contributed by atoms with Gasteiger partial charge in [0.05, 0.1) is 5.25 Å². The van der Waals surface area contributed by atoms with Gasteiger partial charge in [-0.15, -0.1) is 10.2 Å². The number of carbonyl (C=O) groups excluding carboxylic acids is 2. The Kier molecular flexibility index (Phi) is 4.59. The second-order valence-corrected chi connectivity index (χ2v) is 5.72. The lowest BCUT2D eigenvalue weighted by Gasteiger charge is -2.11. The number of primary amides is 1. The Labute approximate surface area is 125 Å². The van der Waals surface area contributed by atoms with Crippen LogP contribution in [-0.2, 0) is 11.8 Å². The van der Waals surface area contributed by atoms with Crippen molar-refractivity contribution in [2.24, 2.45) is 12.8 Å². The second-order valence-electron chi connectivity index (χ2n) is 4.42. The van der Waals surface area contributed by atoms with Gasteiger partial charge in [-0.05, 0) is 31.2 Å². The number of benzene rings is 1. The monoisotopic (exact) mass is 305 g/mol. The van der Waals surface area contributed by atoms with Crippen LogP contribution in [-0.4, -0.2) is 31.8 Å². The molecule has 0 fully saturated rings. The Balaban J connectivity index is 1.97. The summed E-state index contributed by atoms with van der Waals surface area (Å²) in [6.07, 6.45) is 1.58. The first-order valence-electron chi connectivity index (χ1n) is 6.18. The zero-order valence-electron chi connectivity index (χ0n) is 11.6. The Morgan fingerprint density at radius 2 is 2.00 bits per heavy atom. The fourth-order valence-corrected chi connectivity index (χ4v) is 2.34. The van der Waals surface area contributed by atoms with Crippen molar-refractivity contribution in [3.63, 3.8) is 0 Å². The lowest BCUT2D eigenvalue weighted by molar-refractivity contribution is -0.115. The standard InChI is InChI=1S/C13H15N5O2S/c1-8(21-13-17-15-7-18(13)2)12(20)16-10-5-3-9(4-6-10)11(14)19/h3-8H,1-2H3,(H2,14,19)(H,16,20). The van der Waals surface area contributed by atoms with Gasteiger partial charge < -0.3 is 15.6 Å². The van der Waals surface area contributed by atoms with Gasteiger partial charge in [0.15, 0.2) is 5.16 Å². The Hall–Kier alpha value is -2.35. The lowest BCUT2D eigenvalue weighted by atomic mass is 10.2. The van der Waals surface area contributed by atoms with E-state index in [4.69, 9.17) is 5.73 Å². The van der Waals surface area contributed by atoms with Gasteiger partial charge in [-0.3, -0.25) is 9.59 Å². The van der Waals surface area contributed by atoms with Crippen molar-refractivity contribution in [2.75, 3.05) is 5.32 Å². The largest absolute Gasteiger partial charge is 0.366 e. The molecule has 0 bridgehead atoms. The van der Waals surface area contributed by atoms with Gasteiger partial charge in [0.2, 0.25) is 11.8 Å². The molecular formula is C13H15N5O2S. The van der Waals surface area contributed by atoms with Crippen LogP contribution in [0.4, 0.5) is 5.69 Å². The zero-order chi connectivity index (χ0) is 15.4. The summed E-state index contributed by atoms with van der Waals surface area (Å²) < 4.78 is 1.75. The Bertz CT molecular complexity index is 653. The van der Waals surface area contributed by atoms with Gasteiger partial charge in [-0.2, -0.15) is 0 Å². The number of amides is 2. The molecule has 1 atom stereocenters. The number of aromatic nitrogens is 3. The molecule has 1 unspecified atom stereocenters. The molecule has 21 heavy (non-hydrogen) atoms. The van der Waals surface area contributed by atoms with Crippen molar-refractivity contribution in [1.82, 2.24) is 14.8 Å². The summed E-state index contributed by atoms with van der Waals surface area (Å²) in [5.41, 5.74) is 6.16. The van der Waals surface area contributed by atoms with E-state index >= 15 is 0 Å². The summed E-state index contributed by atoms with van der Waals surface area (Å²) in [4.78, 5) is 23.1. The third-order valence-electron chi connectivity index (χ3n) is 2.76. The van der Waals surface area contributed by atoms with E-state index in [0.29, 0.717) is 16.4 Å². The van der Waals surface area contributed by atoms with Gasteiger partial charge in [0.25, 0.3) is 0 Å². The van der Waals surface area contributed by atoms with Crippen LogP contribution in [0.3, 0.4) is 0 Å². The molecule has 1 heterocycles. The van der Waals surface area contributed by atoms with Crippen LogP contribution in [0.5, 0.6) is 0 Å². The third-order valence-corrected chi connectivity index (χ3v) is 3.91. The second kappa shape index (κ2) is 6.40. The number of rotatable bonds is 5. The predicted octanol–water partition coefficient (Wildman–Crippen LogP) is 1.03. The molecule has 7 nitrogen and oxygen atoms in total. The Morgan fingerprint density at radius 3 is 2.52 bits per heavy atom. The van der Waals surface area contributed by atoms with Crippen LogP contribution in [0.1, 0.15) is 17.3 Å². The van der Waals surface area contributed by atoms with E-state index in [1.165, 1.54) is 11.8 Å². The van der Waals surface area contributed by atoms with Crippen LogP contribution in [0.15, 0.2) is 35.7 Å². The first kappa shape index (κ1) is 15.0. The van der Waals surface area contributed by atoms with Crippen LogP contribution in [0, 0.1) is 0 Å². The van der Waals surface area contributed by atoms with Crippen molar-refractivity contribution < 1.29 is 9.59 Å². The van der Waals surface area contributed by atoms with E-state index in [2.05, 4.69) is 15.5 Å². The van der Waals surface area contributed by atoms with Crippen LogP contribution in [0.25, 0.3) is 0 Å². The molecule has 1 aromatic carbocycles. The molecule has 2 amide bonds. The molecule has 0 radical (unpaired) electrons. The molecule has 110 valence electrons. The minimum absolute atomic E-state index is 0.158. The smallest absolute Gasteiger partial charge is 0.248 e. The molecule has 0 aliphatic carbocycles. The van der Waals surface area contributed by atoms with E-state index in [0.717, 1.165) is 0 Å². The highest BCUT2D eigenvalue weighted by Gasteiger charge is 2.17. The van der Waals surface area contributed by atoms with Crippen molar-refractivity contribution >= 4 is 29.3 Å². The minimum Gasteiger partial charge on any atom is -0.366 e. The van der Waals surface area contributed by atoms with Crippen molar-refractivity contribution in [3.05, 3.63) is 36.2 Å². The molecule has 0 spiro atoms. The SMILES string of the molecule is CC(Sc1nncn1C)C(=O)Nc1ccc(C(N)=O)cc1. The lowest BCUT2D eigenvalue weighted by Crippen LogP contribution is -2.23. The summed E-state index contributed by atoms with van der Waals surface area (Å²) in [5, 5.41) is 10.8. The summed E-state index contributed by atoms with van der Waals surface area (Å²) in [6.45, 7) is 1.78. The molecule has 0 aliphatic rings. The third kappa shape index (κ3) is 3.82. The van der Waals surface area contributed by atoms with Gasteiger partial charge in [0.1, 0.15) is 6.33 Å². The number of hydrogen-bond acceptors (Lipinski definition) is 5. The van der Waals surface area contributed by atoms with Gasteiger partial charge in [-0.25, -0.2) is 0 Å². The van der Waals surface area contributed by atoms with E-state index in [1.54, 1.807) is 42.1 Å². The number of carbonyl (C=O) groups is 2. The number of hydrogen-bond donors (Lipinski definition) is 2. The van der Waals surface area contributed by atoms with Crippen LogP contribution < -0.4 is 11.1 Å². The van der Waals surface area contributed by atoms with Crippen molar-refractivity contribution in [2.45, 2.75) is 17.3 Å². The normalized spacial score (nSPS) is 11.9. The molecule has 8 heteroatoms. The van der Waals surface area contributed by atoms with Gasteiger partial charge >= 0.3 is 0 Å². The Morgan fingerprint density at radius 1 is 1.33 bits per heavy atom. The van der Waals surface area contributed by atoms with Crippen molar-refractivity contribution in [3.8, 4) is 0 Å². The first-order valence-corrected chi connectivity index (χ1v) is 7.06. The van der Waals surface area contributed by atoms with Gasteiger partial charge in [-0.1, -0.05) is 11.8 Å². The van der Waals surface area contributed by atoms with Crippen LogP contribution in [0.2, 0.25) is 0 Å². The summed E-state index contributed by atoms with van der Waals surface area (Å²) in [5.74, 6) is -0.658. The highest BCUT2D eigenvalue weighted by Crippen LogP contribution is 2.21. The maximum atomic E-state index is 12.1. The molecule has 1 aromatic heterocycles. The average molecular weight is 305 g/mol. The number of thioether (sulfide) groups is 1. The fraction of sp³-hybridized carbons (Fsp3) is 0.231. The average Bonchev–Trinajstić information content (AvgIpc) is 2.84. The highest BCUT2D eigenvalue weighted by atomic mass is 32.2. The quantitative estimate of drug-likeness (QED) is 0.803. The number of anilines is 1. The minimum atomic E-state index is -0.501. The summed E-state index contributed by atoms with van der Waals surface area (Å²) >= 11 is 1.32. The fourth-order valence-electron chi connectivity index (χ4n) is 1.55. The number of nitrogens with one attached hydrogen (secondary N) is 1. The predicted molar refractivity (Wildman–Crippen MR) is 79.9 cm³/mol. The molecule has 0 saturated carbocycles. The molecule has 2 rings (SSSR count). The number of aryl methyl sites for hydroxylation is 1. The molecular weight excluding hydrogens is 290 g/mol. The van der Waals surface area contributed by atoms with Gasteiger partial charge in [0, 0.05) is 18.3 Å². The summed E-state index contributed by atoms with van der Waals surface area (Å²) in [6, 6.07) is 6.41. The molecule has 2 aromatic rings. The first-order chi connectivity index (χ1) is 9.97. The van der Waals surface area contributed by atoms with Crippen molar-refractivity contribution in [1.29, 1.82) is 0 Å².